The van der Waals surface area contributed by atoms with Crippen molar-refractivity contribution in [2.24, 2.45) is 0 Å². The molecule has 9 nitrogen and oxygen atoms in total. The van der Waals surface area contributed by atoms with Crippen molar-refractivity contribution >= 4 is 0 Å². The van der Waals surface area contributed by atoms with Crippen molar-refractivity contribution in [3.05, 3.63) is 121 Å². The summed E-state index contributed by atoms with van der Waals surface area (Å²) in [4.78, 5) is 47.0. The molecule has 0 aliphatic rings. The van der Waals surface area contributed by atoms with Crippen LogP contribution in [-0.2, 0) is 6.54 Å². The van der Waals surface area contributed by atoms with E-state index in [4.69, 9.17) is 4.74 Å². The van der Waals surface area contributed by atoms with E-state index in [1.807, 2.05) is 19.1 Å². The maximum atomic E-state index is 14.5. The van der Waals surface area contributed by atoms with Crippen molar-refractivity contribution in [3.8, 4) is 11.4 Å². The van der Waals surface area contributed by atoms with E-state index in [0.717, 1.165) is 21.3 Å². The topological polar surface area (TPSA) is 91.4 Å². The first-order chi connectivity index (χ1) is 18.1. The zero-order chi connectivity index (χ0) is 27.6. The number of hydrogen-bond acceptors (Lipinski definition) is 6. The Hall–Kier alpha value is -4.38. The zero-order valence-electron chi connectivity index (χ0n) is 21.3. The molecule has 4 aromatic rings. The van der Waals surface area contributed by atoms with Gasteiger partial charge in [-0.15, -0.1) is 0 Å². The predicted octanol–water partition coefficient (Wildman–Crippen LogP) is 3.10. The van der Waals surface area contributed by atoms with Gasteiger partial charge in [-0.1, -0.05) is 18.2 Å². The molecule has 38 heavy (non-hydrogen) atoms. The summed E-state index contributed by atoms with van der Waals surface area (Å²) in [6, 6.07) is 14.5. The highest BCUT2D eigenvalue weighted by Gasteiger charge is 2.27. The number of nitrogens with zero attached hydrogens (tertiary/aromatic N) is 5. The molecule has 0 saturated heterocycles. The van der Waals surface area contributed by atoms with Crippen LogP contribution in [-0.4, -0.2) is 37.7 Å². The van der Waals surface area contributed by atoms with Crippen LogP contribution in [0.15, 0.2) is 81.2 Å². The minimum Gasteiger partial charge on any atom is -0.497 e. The van der Waals surface area contributed by atoms with Crippen LogP contribution >= 0.6 is 0 Å². The maximum Gasteiger partial charge on any atom is 0.342 e. The van der Waals surface area contributed by atoms with Crippen LogP contribution in [0.1, 0.15) is 37.3 Å². The van der Waals surface area contributed by atoms with Gasteiger partial charge in [0.15, 0.2) is 0 Å². The van der Waals surface area contributed by atoms with Gasteiger partial charge >= 0.3 is 17.1 Å². The second-order valence-corrected chi connectivity index (χ2v) is 8.77. The van der Waals surface area contributed by atoms with E-state index >= 15 is 0 Å². The van der Waals surface area contributed by atoms with Crippen LogP contribution in [0.3, 0.4) is 0 Å². The molecule has 198 valence electrons. The van der Waals surface area contributed by atoms with Gasteiger partial charge in [0.05, 0.1) is 37.2 Å². The minimum absolute atomic E-state index is 0.128. The Balaban J connectivity index is 1.95. The summed E-state index contributed by atoms with van der Waals surface area (Å²) >= 11 is 0. The Morgan fingerprint density at radius 3 is 2.24 bits per heavy atom. The summed E-state index contributed by atoms with van der Waals surface area (Å²) in [5, 5.41) is 0. The lowest BCUT2D eigenvalue weighted by Gasteiger charge is -2.31. The van der Waals surface area contributed by atoms with Crippen LogP contribution in [0, 0.1) is 11.6 Å². The SMILES string of the molecule is COc1cccc(-n2c(=O)n(Cc3c(F)cccc3F)c(=O)n(C(C)N(C)C(C)c3ccccn3)c2=O)c1. The number of aromatic nitrogens is 4. The highest BCUT2D eigenvalue weighted by Crippen LogP contribution is 2.22. The van der Waals surface area contributed by atoms with Gasteiger partial charge in [0, 0.05) is 17.8 Å². The van der Waals surface area contributed by atoms with Crippen molar-refractivity contribution in [2.45, 2.75) is 32.6 Å². The summed E-state index contributed by atoms with van der Waals surface area (Å²) in [6.07, 6.45) is 0.760. The Labute approximate surface area is 216 Å². The van der Waals surface area contributed by atoms with E-state index in [9.17, 15) is 23.2 Å². The van der Waals surface area contributed by atoms with Crippen molar-refractivity contribution in [3.63, 3.8) is 0 Å². The largest absolute Gasteiger partial charge is 0.497 e. The molecule has 2 aromatic carbocycles. The van der Waals surface area contributed by atoms with Crippen molar-refractivity contribution in [1.82, 2.24) is 23.6 Å². The van der Waals surface area contributed by atoms with Gasteiger partial charge in [-0.25, -0.2) is 36.9 Å². The van der Waals surface area contributed by atoms with Crippen LogP contribution in [0.2, 0.25) is 0 Å². The Kier molecular flexibility index (Phi) is 7.67. The van der Waals surface area contributed by atoms with E-state index in [0.29, 0.717) is 16.0 Å². The van der Waals surface area contributed by atoms with Crippen LogP contribution < -0.4 is 21.8 Å². The van der Waals surface area contributed by atoms with Gasteiger partial charge < -0.3 is 4.74 Å². The third-order valence-corrected chi connectivity index (χ3v) is 6.64. The molecular weight excluding hydrogens is 496 g/mol. The van der Waals surface area contributed by atoms with Gasteiger partial charge in [-0.05, 0) is 57.3 Å². The van der Waals surface area contributed by atoms with E-state index in [2.05, 4.69) is 4.98 Å². The van der Waals surface area contributed by atoms with Crippen molar-refractivity contribution in [2.75, 3.05) is 14.2 Å². The fourth-order valence-electron chi connectivity index (χ4n) is 4.21. The average Bonchev–Trinajstić information content (AvgIpc) is 2.92. The lowest BCUT2D eigenvalue weighted by molar-refractivity contribution is 0.129. The average molecular weight is 524 g/mol. The molecule has 0 radical (unpaired) electrons. The molecule has 0 bridgehead atoms. The molecule has 0 saturated carbocycles. The molecule has 2 heterocycles. The van der Waals surface area contributed by atoms with Gasteiger partial charge in [-0.3, -0.25) is 9.88 Å². The Bertz CT molecular complexity index is 1610. The first kappa shape index (κ1) is 26.7. The van der Waals surface area contributed by atoms with Crippen molar-refractivity contribution < 1.29 is 13.5 Å². The summed E-state index contributed by atoms with van der Waals surface area (Å²) in [7, 11) is 3.13. The Morgan fingerprint density at radius 1 is 0.921 bits per heavy atom. The van der Waals surface area contributed by atoms with Crippen molar-refractivity contribution in [1.29, 1.82) is 0 Å². The highest BCUT2D eigenvalue weighted by atomic mass is 19.1. The van der Waals surface area contributed by atoms with Crippen LogP contribution in [0.25, 0.3) is 5.69 Å². The molecule has 0 amide bonds. The molecule has 0 fully saturated rings. The fraction of sp³-hybridized carbons (Fsp3) is 0.259. The monoisotopic (exact) mass is 523 g/mol. The summed E-state index contributed by atoms with van der Waals surface area (Å²) in [5.74, 6) is -1.47. The first-order valence-corrected chi connectivity index (χ1v) is 11.8. The molecule has 0 N–H and O–H groups in total. The number of methoxy groups -OCH3 is 1. The third kappa shape index (κ3) is 4.92. The van der Waals surface area contributed by atoms with E-state index in [1.165, 1.54) is 25.3 Å². The minimum atomic E-state index is -1.04. The Morgan fingerprint density at radius 2 is 1.61 bits per heavy atom. The molecule has 2 atom stereocenters. The highest BCUT2D eigenvalue weighted by molar-refractivity contribution is 5.39. The standard InChI is InChI=1S/C27H27F2N5O4/c1-17(24-13-5-6-14-30-24)31(3)18(2)33-25(35)32(16-21-22(28)11-8-12-23(21)29)26(36)34(27(33)37)19-9-7-10-20(15-19)38-4/h5-15,17-18H,16H2,1-4H3. The summed E-state index contributed by atoms with van der Waals surface area (Å²) in [6.45, 7) is 2.76. The number of rotatable bonds is 8. The quantitative estimate of drug-likeness (QED) is 0.353. The molecule has 0 aliphatic heterocycles. The van der Waals surface area contributed by atoms with Crippen LogP contribution in [0.5, 0.6) is 5.75 Å². The van der Waals surface area contributed by atoms with E-state index in [1.54, 1.807) is 43.3 Å². The van der Waals surface area contributed by atoms with E-state index in [-0.39, 0.29) is 11.7 Å². The van der Waals surface area contributed by atoms with Gasteiger partial charge in [0.1, 0.15) is 17.4 Å². The second kappa shape index (κ2) is 10.9. The fourth-order valence-corrected chi connectivity index (χ4v) is 4.21. The normalized spacial score (nSPS) is 12.9. The van der Waals surface area contributed by atoms with Gasteiger partial charge in [-0.2, -0.15) is 0 Å². The van der Waals surface area contributed by atoms with Gasteiger partial charge in [0.25, 0.3) is 0 Å². The number of benzene rings is 2. The zero-order valence-corrected chi connectivity index (χ0v) is 21.3. The predicted molar refractivity (Wildman–Crippen MR) is 138 cm³/mol. The van der Waals surface area contributed by atoms with E-state index < -0.39 is 47.0 Å². The number of hydrogen-bond donors (Lipinski definition) is 0. The molecule has 2 unspecified atom stereocenters. The third-order valence-electron chi connectivity index (χ3n) is 6.64. The second-order valence-electron chi connectivity index (χ2n) is 8.77. The molecule has 0 spiro atoms. The molecule has 4 rings (SSSR count). The van der Waals surface area contributed by atoms with Gasteiger partial charge in [0.2, 0.25) is 0 Å². The summed E-state index contributed by atoms with van der Waals surface area (Å²) in [5.41, 5.74) is -2.61. The van der Waals surface area contributed by atoms with Crippen LogP contribution in [0.4, 0.5) is 8.78 Å². The lowest BCUT2D eigenvalue weighted by atomic mass is 10.2. The maximum absolute atomic E-state index is 14.5. The number of halogens is 2. The number of ether oxygens (including phenoxy) is 1. The summed E-state index contributed by atoms with van der Waals surface area (Å²) < 4.78 is 36.6. The molecule has 2 aromatic heterocycles. The smallest absolute Gasteiger partial charge is 0.342 e. The number of pyridine rings is 1. The molecular formula is C27H27F2N5O4. The first-order valence-electron chi connectivity index (χ1n) is 11.8. The molecule has 11 heteroatoms. The lowest BCUT2D eigenvalue weighted by Crippen LogP contribution is -2.56. The molecule has 0 aliphatic carbocycles.